The molecule has 0 aliphatic rings. The van der Waals surface area contributed by atoms with Gasteiger partial charge in [0.25, 0.3) is 0 Å². The minimum Gasteiger partial charge on any atom is -0.497 e. The number of methoxy groups -OCH3 is 2. The van der Waals surface area contributed by atoms with Crippen LogP contribution in [0, 0.1) is 0 Å². The lowest BCUT2D eigenvalue weighted by molar-refractivity contribution is -0.137. The minimum absolute atomic E-state index is 0.154. The van der Waals surface area contributed by atoms with E-state index < -0.39 is 5.97 Å². The number of aliphatic carboxylic acids is 1. The van der Waals surface area contributed by atoms with Crippen LogP contribution in [0.3, 0.4) is 0 Å². The Labute approximate surface area is 109 Å². The van der Waals surface area contributed by atoms with Crippen LogP contribution in [-0.2, 0) is 11.2 Å². The highest BCUT2D eigenvalue weighted by Gasteiger charge is 2.11. The molecule has 1 aromatic rings. The normalized spacial score (nSPS) is 10.1. The average molecular weight is 303 g/mol. The van der Waals surface area contributed by atoms with Gasteiger partial charge in [0.05, 0.1) is 14.2 Å². The second-order valence-electron chi connectivity index (χ2n) is 3.54. The standard InChI is InChI=1S/C12H15BrO4/c1-16-8-6-10(13)9(11(7-8)17-2)4-3-5-12(14)15/h6-7H,3-5H2,1-2H3,(H,14,15). The number of carboxylic acid groups (broad SMARTS) is 1. The Bertz CT molecular complexity index is 404. The van der Waals surface area contributed by atoms with Crippen LogP contribution in [-0.4, -0.2) is 25.3 Å². The number of halogens is 1. The van der Waals surface area contributed by atoms with Gasteiger partial charge in [-0.1, -0.05) is 15.9 Å². The third-order valence-electron chi connectivity index (χ3n) is 2.40. The molecule has 0 amide bonds. The van der Waals surface area contributed by atoms with E-state index in [0.717, 1.165) is 10.0 Å². The number of benzene rings is 1. The Morgan fingerprint density at radius 3 is 2.59 bits per heavy atom. The molecule has 1 rings (SSSR count). The molecular weight excluding hydrogens is 288 g/mol. The first-order valence-corrected chi connectivity index (χ1v) is 6.00. The molecule has 0 radical (unpaired) electrons. The smallest absolute Gasteiger partial charge is 0.303 e. The van der Waals surface area contributed by atoms with E-state index in [1.54, 1.807) is 20.3 Å². The Balaban J connectivity index is 2.86. The lowest BCUT2D eigenvalue weighted by Crippen LogP contribution is -1.99. The van der Waals surface area contributed by atoms with E-state index in [1.165, 1.54) is 0 Å². The van der Waals surface area contributed by atoms with E-state index in [-0.39, 0.29) is 6.42 Å². The second kappa shape index (κ2) is 6.49. The van der Waals surface area contributed by atoms with Crippen molar-refractivity contribution in [1.29, 1.82) is 0 Å². The summed E-state index contributed by atoms with van der Waals surface area (Å²) < 4.78 is 11.3. The summed E-state index contributed by atoms with van der Waals surface area (Å²) in [6.45, 7) is 0. The quantitative estimate of drug-likeness (QED) is 0.878. The number of rotatable bonds is 6. The van der Waals surface area contributed by atoms with Gasteiger partial charge in [-0.25, -0.2) is 0 Å². The maximum Gasteiger partial charge on any atom is 0.303 e. The number of hydrogen-bond donors (Lipinski definition) is 1. The van der Waals surface area contributed by atoms with Crippen LogP contribution in [0.15, 0.2) is 16.6 Å². The molecule has 4 nitrogen and oxygen atoms in total. The van der Waals surface area contributed by atoms with E-state index in [2.05, 4.69) is 15.9 Å². The fourth-order valence-corrected chi connectivity index (χ4v) is 2.17. The van der Waals surface area contributed by atoms with Gasteiger partial charge in [-0.3, -0.25) is 4.79 Å². The molecule has 0 fully saturated rings. The molecule has 5 heteroatoms. The van der Waals surface area contributed by atoms with Crippen molar-refractivity contribution in [1.82, 2.24) is 0 Å². The molecule has 0 aromatic heterocycles. The highest BCUT2D eigenvalue weighted by atomic mass is 79.9. The SMILES string of the molecule is COc1cc(Br)c(CCCC(=O)O)c(OC)c1. The van der Waals surface area contributed by atoms with Crippen molar-refractivity contribution in [2.75, 3.05) is 14.2 Å². The molecule has 0 atom stereocenters. The van der Waals surface area contributed by atoms with Crippen LogP contribution in [0.5, 0.6) is 11.5 Å². The molecule has 0 aliphatic heterocycles. The Hall–Kier alpha value is -1.23. The fraction of sp³-hybridized carbons (Fsp3) is 0.417. The topological polar surface area (TPSA) is 55.8 Å². The molecule has 17 heavy (non-hydrogen) atoms. The van der Waals surface area contributed by atoms with Gasteiger partial charge in [0, 0.05) is 22.5 Å². The van der Waals surface area contributed by atoms with Crippen molar-refractivity contribution in [3.05, 3.63) is 22.2 Å². The number of hydrogen-bond acceptors (Lipinski definition) is 3. The zero-order valence-corrected chi connectivity index (χ0v) is 11.4. The Morgan fingerprint density at radius 1 is 1.35 bits per heavy atom. The number of carboxylic acids is 1. The first-order chi connectivity index (χ1) is 8.08. The average Bonchev–Trinajstić information content (AvgIpc) is 2.30. The van der Waals surface area contributed by atoms with Crippen LogP contribution in [0.2, 0.25) is 0 Å². The van der Waals surface area contributed by atoms with Crippen molar-refractivity contribution >= 4 is 21.9 Å². The highest BCUT2D eigenvalue weighted by Crippen LogP contribution is 2.33. The van der Waals surface area contributed by atoms with Crippen molar-refractivity contribution in [3.63, 3.8) is 0 Å². The Kier molecular flexibility index (Phi) is 5.28. The lowest BCUT2D eigenvalue weighted by atomic mass is 10.1. The monoisotopic (exact) mass is 302 g/mol. The van der Waals surface area contributed by atoms with Crippen molar-refractivity contribution in [2.24, 2.45) is 0 Å². The van der Waals surface area contributed by atoms with Gasteiger partial charge >= 0.3 is 5.97 Å². The van der Waals surface area contributed by atoms with E-state index in [4.69, 9.17) is 14.6 Å². The lowest BCUT2D eigenvalue weighted by Gasteiger charge is -2.12. The summed E-state index contributed by atoms with van der Waals surface area (Å²) in [5.74, 6) is 0.630. The van der Waals surface area contributed by atoms with E-state index in [1.807, 2.05) is 6.07 Å². The molecular formula is C12H15BrO4. The van der Waals surface area contributed by atoms with Gasteiger partial charge in [0.2, 0.25) is 0 Å². The largest absolute Gasteiger partial charge is 0.497 e. The molecule has 94 valence electrons. The zero-order chi connectivity index (χ0) is 12.8. The summed E-state index contributed by atoms with van der Waals surface area (Å²) in [4.78, 5) is 10.5. The summed E-state index contributed by atoms with van der Waals surface area (Å²) in [6, 6.07) is 3.64. The summed E-state index contributed by atoms with van der Waals surface area (Å²) in [5, 5.41) is 8.61. The summed E-state index contributed by atoms with van der Waals surface area (Å²) in [6.07, 6.45) is 1.39. The maximum absolute atomic E-state index is 10.5. The van der Waals surface area contributed by atoms with Gasteiger partial charge in [0.1, 0.15) is 11.5 Å². The molecule has 0 spiro atoms. The summed E-state index contributed by atoms with van der Waals surface area (Å²) in [7, 11) is 3.17. The van der Waals surface area contributed by atoms with Crippen LogP contribution >= 0.6 is 15.9 Å². The highest BCUT2D eigenvalue weighted by molar-refractivity contribution is 9.10. The van der Waals surface area contributed by atoms with Gasteiger partial charge in [-0.15, -0.1) is 0 Å². The summed E-state index contributed by atoms with van der Waals surface area (Å²) >= 11 is 3.44. The molecule has 0 unspecified atom stereocenters. The first kappa shape index (κ1) is 13.8. The second-order valence-corrected chi connectivity index (χ2v) is 4.39. The number of ether oxygens (including phenoxy) is 2. The molecule has 1 aromatic carbocycles. The van der Waals surface area contributed by atoms with Crippen molar-refractivity contribution < 1.29 is 19.4 Å². The van der Waals surface area contributed by atoms with Gasteiger partial charge in [0.15, 0.2) is 0 Å². The Morgan fingerprint density at radius 2 is 2.06 bits per heavy atom. The molecule has 0 bridgehead atoms. The van der Waals surface area contributed by atoms with Crippen LogP contribution in [0.1, 0.15) is 18.4 Å². The molecule has 1 N–H and O–H groups in total. The van der Waals surface area contributed by atoms with Gasteiger partial charge in [-0.05, 0) is 18.9 Å². The molecule has 0 saturated carbocycles. The summed E-state index contributed by atoms with van der Waals surface area (Å²) in [5.41, 5.74) is 0.967. The third kappa shape index (κ3) is 3.93. The predicted molar refractivity (Wildman–Crippen MR) is 67.8 cm³/mol. The zero-order valence-electron chi connectivity index (χ0n) is 9.83. The molecule has 0 aliphatic carbocycles. The first-order valence-electron chi connectivity index (χ1n) is 5.20. The van der Waals surface area contributed by atoms with E-state index in [9.17, 15) is 4.79 Å². The van der Waals surface area contributed by atoms with E-state index in [0.29, 0.717) is 24.3 Å². The van der Waals surface area contributed by atoms with Crippen molar-refractivity contribution in [2.45, 2.75) is 19.3 Å². The predicted octanol–water partition coefficient (Wildman–Crippen LogP) is 2.87. The third-order valence-corrected chi connectivity index (χ3v) is 3.11. The van der Waals surface area contributed by atoms with Crippen molar-refractivity contribution in [3.8, 4) is 11.5 Å². The van der Waals surface area contributed by atoms with Crippen LogP contribution in [0.25, 0.3) is 0 Å². The van der Waals surface area contributed by atoms with Crippen LogP contribution in [0.4, 0.5) is 0 Å². The van der Waals surface area contributed by atoms with Gasteiger partial charge in [-0.2, -0.15) is 0 Å². The van der Waals surface area contributed by atoms with E-state index >= 15 is 0 Å². The minimum atomic E-state index is -0.784. The fourth-order valence-electron chi connectivity index (χ4n) is 1.55. The van der Waals surface area contributed by atoms with Gasteiger partial charge < -0.3 is 14.6 Å². The molecule has 0 heterocycles. The molecule has 0 saturated heterocycles. The number of carbonyl (C=O) groups is 1. The van der Waals surface area contributed by atoms with Crippen LogP contribution < -0.4 is 9.47 Å². The maximum atomic E-state index is 10.5.